The molecule has 220 valence electrons. The van der Waals surface area contributed by atoms with E-state index in [1.165, 1.54) is 0 Å². The smallest absolute Gasteiger partial charge is 0.326 e. The Bertz CT molecular complexity index is 922. The van der Waals surface area contributed by atoms with E-state index in [-0.39, 0.29) is 25.7 Å². The third kappa shape index (κ3) is 11.6. The maximum atomic E-state index is 13.1. The van der Waals surface area contributed by atoms with Gasteiger partial charge in [0.15, 0.2) is 0 Å². The Morgan fingerprint density at radius 1 is 0.821 bits per heavy atom. The fourth-order valence-corrected chi connectivity index (χ4v) is 3.80. The van der Waals surface area contributed by atoms with Gasteiger partial charge in [0.25, 0.3) is 0 Å². The predicted molar refractivity (Wildman–Crippen MR) is 135 cm³/mol. The molecule has 1 aliphatic heterocycles. The van der Waals surface area contributed by atoms with Gasteiger partial charge in [-0.2, -0.15) is 0 Å². The average Bonchev–Trinajstić information content (AvgIpc) is 3.40. The van der Waals surface area contributed by atoms with Crippen LogP contribution >= 0.6 is 0 Å². The minimum absolute atomic E-state index is 0.280. The summed E-state index contributed by atoms with van der Waals surface area (Å²) in [7, 11) is 0. The van der Waals surface area contributed by atoms with Crippen molar-refractivity contribution in [2.75, 3.05) is 13.2 Å². The first-order valence-corrected chi connectivity index (χ1v) is 12.6. The number of nitrogens with two attached hydrogens (primary N) is 2. The van der Waals surface area contributed by atoms with Crippen LogP contribution in [-0.4, -0.2) is 95.0 Å². The van der Waals surface area contributed by atoms with E-state index in [0.717, 1.165) is 6.42 Å². The summed E-state index contributed by atoms with van der Waals surface area (Å²) in [4.78, 5) is 85.3. The molecule has 0 saturated carbocycles. The summed E-state index contributed by atoms with van der Waals surface area (Å²) in [6, 6.07) is -6.10. The molecule has 0 bridgehead atoms. The molecule has 1 saturated heterocycles. The van der Waals surface area contributed by atoms with Crippen molar-refractivity contribution in [3.8, 4) is 0 Å². The Morgan fingerprint density at radius 2 is 1.31 bits per heavy atom. The molecule has 0 spiro atoms. The van der Waals surface area contributed by atoms with Crippen LogP contribution in [0.4, 0.5) is 0 Å². The highest BCUT2D eigenvalue weighted by Gasteiger charge is 2.33. The molecule has 1 heterocycles. The van der Waals surface area contributed by atoms with E-state index >= 15 is 0 Å². The van der Waals surface area contributed by atoms with Gasteiger partial charge in [0, 0.05) is 12.8 Å². The Hall–Kier alpha value is -3.79. The fourth-order valence-electron chi connectivity index (χ4n) is 3.80. The summed E-state index contributed by atoms with van der Waals surface area (Å²) in [5.74, 6) is -6.69. The number of aliphatic hydroxyl groups excluding tert-OH is 1. The van der Waals surface area contributed by atoms with Gasteiger partial charge in [-0.05, 0) is 38.1 Å². The molecule has 16 heteroatoms. The van der Waals surface area contributed by atoms with Gasteiger partial charge in [-0.3, -0.25) is 28.8 Å². The number of primary amides is 2. The number of rotatable bonds is 17. The predicted octanol–water partition coefficient (Wildman–Crippen LogP) is -4.06. The largest absolute Gasteiger partial charge is 0.480 e. The maximum absolute atomic E-state index is 13.1. The summed E-state index contributed by atoms with van der Waals surface area (Å²) in [6.07, 6.45) is 0.0630. The molecule has 0 aliphatic carbocycles. The Kier molecular flexibility index (Phi) is 13.8. The lowest BCUT2D eigenvalue weighted by molar-refractivity contribution is -0.143. The van der Waals surface area contributed by atoms with Crippen molar-refractivity contribution in [1.82, 2.24) is 26.6 Å². The van der Waals surface area contributed by atoms with Gasteiger partial charge < -0.3 is 48.3 Å². The molecule has 16 nitrogen and oxygen atoms in total. The SMILES string of the molecule is CC(C)[C@H](NC(=O)[C@H](CCC(N)=O)NC(=O)[C@H](CCC(N)=O)NC(=O)[C@H](CO)NC(=O)[C@@H]1CCCN1)C(=O)O. The zero-order valence-corrected chi connectivity index (χ0v) is 22.0. The minimum Gasteiger partial charge on any atom is -0.480 e. The second-order valence-electron chi connectivity index (χ2n) is 9.59. The zero-order valence-electron chi connectivity index (χ0n) is 22.0. The van der Waals surface area contributed by atoms with E-state index in [1.54, 1.807) is 13.8 Å². The molecule has 39 heavy (non-hydrogen) atoms. The second-order valence-corrected chi connectivity index (χ2v) is 9.59. The van der Waals surface area contributed by atoms with Crippen molar-refractivity contribution in [3.63, 3.8) is 0 Å². The summed E-state index contributed by atoms with van der Waals surface area (Å²) in [5.41, 5.74) is 10.3. The molecule has 0 aromatic rings. The first-order valence-electron chi connectivity index (χ1n) is 12.6. The molecular formula is C23H39N7O9. The van der Waals surface area contributed by atoms with E-state index in [2.05, 4.69) is 26.6 Å². The van der Waals surface area contributed by atoms with Crippen LogP contribution in [0.25, 0.3) is 0 Å². The molecule has 0 aromatic carbocycles. The van der Waals surface area contributed by atoms with Crippen molar-refractivity contribution < 1.29 is 43.8 Å². The molecule has 1 rings (SSSR count). The van der Waals surface area contributed by atoms with Gasteiger partial charge in [0.2, 0.25) is 35.4 Å². The Labute approximate surface area is 225 Å². The number of aliphatic hydroxyl groups is 1. The lowest BCUT2D eigenvalue weighted by atomic mass is 10.0. The molecule has 1 fully saturated rings. The summed E-state index contributed by atoms with van der Waals surface area (Å²) in [5, 5.41) is 31.3. The molecular weight excluding hydrogens is 518 g/mol. The van der Waals surface area contributed by atoms with Crippen LogP contribution < -0.4 is 38.1 Å². The number of nitrogens with one attached hydrogen (secondary N) is 5. The quantitative estimate of drug-likeness (QED) is 0.0834. The van der Waals surface area contributed by atoms with Crippen LogP contribution in [-0.2, 0) is 33.6 Å². The van der Waals surface area contributed by atoms with Crippen molar-refractivity contribution in [3.05, 3.63) is 0 Å². The van der Waals surface area contributed by atoms with E-state index in [0.29, 0.717) is 13.0 Å². The minimum atomic E-state index is -1.44. The number of carboxylic acid groups (broad SMARTS) is 1. The third-order valence-electron chi connectivity index (χ3n) is 6.05. The summed E-state index contributed by atoms with van der Waals surface area (Å²) < 4.78 is 0. The van der Waals surface area contributed by atoms with Gasteiger partial charge in [-0.25, -0.2) is 4.79 Å². The standard InChI is InChI=1S/C23H39N7O9/c1-11(2)18(23(38)39)30-21(36)14(6-8-17(25)33)27-20(35)13(5-7-16(24)32)28-22(37)15(10-31)29-19(34)12-4-3-9-26-12/h11-15,18,26,31H,3-10H2,1-2H3,(H2,24,32)(H2,25,33)(H,27,35)(H,28,37)(H,29,34)(H,30,36)(H,38,39)/t12-,13-,14-,15-,18-/m0/s1. The van der Waals surface area contributed by atoms with E-state index in [4.69, 9.17) is 11.5 Å². The molecule has 5 atom stereocenters. The number of aliphatic carboxylic acids is 1. The van der Waals surface area contributed by atoms with Crippen molar-refractivity contribution >= 4 is 41.4 Å². The van der Waals surface area contributed by atoms with Gasteiger partial charge >= 0.3 is 5.97 Å². The first kappa shape index (κ1) is 33.2. The first-order chi connectivity index (χ1) is 18.3. The van der Waals surface area contributed by atoms with Crippen LogP contribution in [0.3, 0.4) is 0 Å². The molecule has 1 aliphatic rings. The molecule has 6 amide bonds. The third-order valence-corrected chi connectivity index (χ3v) is 6.05. The fraction of sp³-hybridized carbons (Fsp3) is 0.696. The normalized spacial score (nSPS) is 17.8. The van der Waals surface area contributed by atoms with Crippen LogP contribution in [0.5, 0.6) is 0 Å². The molecule has 0 aromatic heterocycles. The number of amides is 6. The number of carboxylic acids is 1. The van der Waals surface area contributed by atoms with E-state index in [9.17, 15) is 43.8 Å². The van der Waals surface area contributed by atoms with Gasteiger partial charge in [0.1, 0.15) is 24.2 Å². The van der Waals surface area contributed by atoms with Crippen LogP contribution in [0.2, 0.25) is 0 Å². The van der Waals surface area contributed by atoms with Gasteiger partial charge in [0.05, 0.1) is 12.6 Å². The van der Waals surface area contributed by atoms with Crippen molar-refractivity contribution in [1.29, 1.82) is 0 Å². The lowest BCUT2D eigenvalue weighted by Crippen LogP contribution is -2.59. The summed E-state index contributed by atoms with van der Waals surface area (Å²) >= 11 is 0. The molecule has 0 unspecified atom stereocenters. The number of carbonyl (C=O) groups is 7. The molecule has 11 N–H and O–H groups in total. The van der Waals surface area contributed by atoms with Crippen molar-refractivity contribution in [2.45, 2.75) is 82.6 Å². The monoisotopic (exact) mass is 557 g/mol. The highest BCUT2D eigenvalue weighted by Crippen LogP contribution is 2.08. The van der Waals surface area contributed by atoms with Crippen LogP contribution in [0, 0.1) is 5.92 Å². The number of carbonyl (C=O) groups excluding carboxylic acids is 6. The number of hydrogen-bond acceptors (Lipinski definition) is 9. The second kappa shape index (κ2) is 16.2. The maximum Gasteiger partial charge on any atom is 0.326 e. The van der Waals surface area contributed by atoms with Crippen LogP contribution in [0.1, 0.15) is 52.4 Å². The topological polar surface area (TPSA) is 272 Å². The Morgan fingerprint density at radius 3 is 1.69 bits per heavy atom. The Balaban J connectivity index is 3.04. The summed E-state index contributed by atoms with van der Waals surface area (Å²) in [6.45, 7) is 2.96. The van der Waals surface area contributed by atoms with Crippen LogP contribution in [0.15, 0.2) is 0 Å². The molecule has 0 radical (unpaired) electrons. The highest BCUT2D eigenvalue weighted by molar-refractivity contribution is 5.96. The van der Waals surface area contributed by atoms with E-state index < -0.39 is 84.1 Å². The van der Waals surface area contributed by atoms with Gasteiger partial charge in [-0.15, -0.1) is 0 Å². The zero-order chi connectivity index (χ0) is 29.7. The van der Waals surface area contributed by atoms with Gasteiger partial charge in [-0.1, -0.05) is 13.8 Å². The average molecular weight is 558 g/mol. The van der Waals surface area contributed by atoms with E-state index in [1.807, 2.05) is 0 Å². The highest BCUT2D eigenvalue weighted by atomic mass is 16.4. The van der Waals surface area contributed by atoms with Crippen molar-refractivity contribution in [2.24, 2.45) is 17.4 Å². The lowest BCUT2D eigenvalue weighted by Gasteiger charge is -2.26. The number of hydrogen-bond donors (Lipinski definition) is 9.